The Morgan fingerprint density at radius 2 is 1.59 bits per heavy atom. The van der Waals surface area contributed by atoms with E-state index in [-0.39, 0.29) is 0 Å². The van der Waals surface area contributed by atoms with Crippen LogP contribution in [0, 0.1) is 0 Å². The average Bonchev–Trinajstić information content (AvgIpc) is 2.90. The zero-order valence-corrected chi connectivity index (χ0v) is 9.92. The standard InChI is InChI=1S/C16H17N/c1-2-7-13(8-3-1)14-9-6-10-15(14)16-11-4-5-12-17-16/h1-5,7-8,11-12,14-15H,6,9-10H2/t14-,15+/m0/s1. The molecule has 3 rings (SSSR count). The fourth-order valence-electron chi connectivity index (χ4n) is 3.01. The molecule has 2 atom stereocenters. The highest BCUT2D eigenvalue weighted by Crippen LogP contribution is 2.44. The molecule has 1 aliphatic rings. The summed E-state index contributed by atoms with van der Waals surface area (Å²) in [5.41, 5.74) is 2.74. The molecule has 1 heterocycles. The normalized spacial score (nSPS) is 23.8. The first-order valence-electron chi connectivity index (χ1n) is 6.41. The molecule has 0 spiro atoms. The molecule has 1 fully saturated rings. The highest BCUT2D eigenvalue weighted by molar-refractivity contribution is 5.26. The largest absolute Gasteiger partial charge is 0.261 e. The highest BCUT2D eigenvalue weighted by Gasteiger charge is 2.30. The summed E-state index contributed by atoms with van der Waals surface area (Å²) < 4.78 is 0. The molecule has 1 aliphatic carbocycles. The predicted octanol–water partition coefficient (Wildman–Crippen LogP) is 4.13. The van der Waals surface area contributed by atoms with E-state index in [2.05, 4.69) is 47.4 Å². The van der Waals surface area contributed by atoms with Crippen molar-refractivity contribution in [3.05, 3.63) is 66.0 Å². The van der Waals surface area contributed by atoms with E-state index < -0.39 is 0 Å². The van der Waals surface area contributed by atoms with E-state index in [1.807, 2.05) is 12.3 Å². The molecule has 0 aliphatic heterocycles. The van der Waals surface area contributed by atoms with Crippen LogP contribution in [0.3, 0.4) is 0 Å². The second-order valence-corrected chi connectivity index (χ2v) is 4.81. The van der Waals surface area contributed by atoms with Gasteiger partial charge in [0.15, 0.2) is 0 Å². The molecule has 0 bridgehead atoms. The van der Waals surface area contributed by atoms with E-state index in [9.17, 15) is 0 Å². The maximum absolute atomic E-state index is 4.54. The van der Waals surface area contributed by atoms with Crippen molar-refractivity contribution in [1.29, 1.82) is 0 Å². The minimum atomic E-state index is 0.610. The van der Waals surface area contributed by atoms with Gasteiger partial charge in [-0.3, -0.25) is 4.98 Å². The van der Waals surface area contributed by atoms with Crippen LogP contribution in [0.2, 0.25) is 0 Å². The molecule has 0 amide bonds. The second-order valence-electron chi connectivity index (χ2n) is 4.81. The SMILES string of the molecule is c1ccc([C@@H]2CCC[C@H]2c2ccccn2)cc1. The van der Waals surface area contributed by atoms with Gasteiger partial charge < -0.3 is 0 Å². The molecule has 1 aromatic carbocycles. The lowest BCUT2D eigenvalue weighted by Crippen LogP contribution is -2.06. The van der Waals surface area contributed by atoms with Crippen LogP contribution in [0.1, 0.15) is 42.4 Å². The minimum Gasteiger partial charge on any atom is -0.261 e. The number of benzene rings is 1. The molecule has 1 saturated carbocycles. The molecule has 1 heteroatoms. The third-order valence-corrected chi connectivity index (χ3v) is 3.81. The third kappa shape index (κ3) is 2.10. The van der Waals surface area contributed by atoms with Gasteiger partial charge in [0.2, 0.25) is 0 Å². The molecule has 86 valence electrons. The van der Waals surface area contributed by atoms with Crippen LogP contribution >= 0.6 is 0 Å². The van der Waals surface area contributed by atoms with Crippen molar-refractivity contribution in [2.45, 2.75) is 31.1 Å². The zero-order chi connectivity index (χ0) is 11.5. The van der Waals surface area contributed by atoms with Crippen molar-refractivity contribution in [1.82, 2.24) is 4.98 Å². The summed E-state index contributed by atoms with van der Waals surface area (Å²) in [7, 11) is 0. The van der Waals surface area contributed by atoms with Crippen molar-refractivity contribution >= 4 is 0 Å². The molecule has 17 heavy (non-hydrogen) atoms. The van der Waals surface area contributed by atoms with Gasteiger partial charge in [0, 0.05) is 17.8 Å². The average molecular weight is 223 g/mol. The van der Waals surface area contributed by atoms with E-state index in [0.29, 0.717) is 11.8 Å². The summed E-state index contributed by atoms with van der Waals surface area (Å²) in [6.07, 6.45) is 5.80. The Morgan fingerprint density at radius 3 is 2.35 bits per heavy atom. The summed E-state index contributed by atoms with van der Waals surface area (Å²) in [6, 6.07) is 17.2. The first-order valence-corrected chi connectivity index (χ1v) is 6.41. The Bertz CT molecular complexity index is 418. The minimum absolute atomic E-state index is 0.610. The zero-order valence-electron chi connectivity index (χ0n) is 9.92. The van der Waals surface area contributed by atoms with Gasteiger partial charge in [-0.25, -0.2) is 0 Å². The molecule has 1 nitrogen and oxygen atoms in total. The van der Waals surface area contributed by atoms with Crippen molar-refractivity contribution < 1.29 is 0 Å². The first kappa shape index (κ1) is 10.5. The summed E-state index contributed by atoms with van der Waals surface area (Å²) in [5.74, 6) is 1.27. The summed E-state index contributed by atoms with van der Waals surface area (Å²) in [4.78, 5) is 4.54. The third-order valence-electron chi connectivity index (χ3n) is 3.81. The van der Waals surface area contributed by atoms with Crippen molar-refractivity contribution in [3.8, 4) is 0 Å². The molecule has 0 saturated heterocycles. The summed E-state index contributed by atoms with van der Waals surface area (Å²) >= 11 is 0. The number of nitrogens with zero attached hydrogens (tertiary/aromatic N) is 1. The van der Waals surface area contributed by atoms with E-state index in [0.717, 1.165) is 0 Å². The monoisotopic (exact) mass is 223 g/mol. The van der Waals surface area contributed by atoms with Gasteiger partial charge >= 0.3 is 0 Å². The lowest BCUT2D eigenvalue weighted by atomic mass is 9.86. The van der Waals surface area contributed by atoms with Gasteiger partial charge in [-0.15, -0.1) is 0 Å². The fraction of sp³-hybridized carbons (Fsp3) is 0.312. The van der Waals surface area contributed by atoms with Gasteiger partial charge in [0.25, 0.3) is 0 Å². The van der Waals surface area contributed by atoms with E-state index in [1.54, 1.807) is 0 Å². The van der Waals surface area contributed by atoms with Crippen LogP contribution in [-0.4, -0.2) is 4.98 Å². The molecule has 0 radical (unpaired) electrons. The molecule has 0 unspecified atom stereocenters. The van der Waals surface area contributed by atoms with Crippen LogP contribution in [0.4, 0.5) is 0 Å². The summed E-state index contributed by atoms with van der Waals surface area (Å²) in [6.45, 7) is 0. The fourth-order valence-corrected chi connectivity index (χ4v) is 3.01. The molecule has 2 aromatic rings. The van der Waals surface area contributed by atoms with Gasteiger partial charge in [-0.05, 0) is 36.5 Å². The smallest absolute Gasteiger partial charge is 0.0440 e. The van der Waals surface area contributed by atoms with Crippen molar-refractivity contribution in [2.24, 2.45) is 0 Å². The highest BCUT2D eigenvalue weighted by atomic mass is 14.7. The lowest BCUT2D eigenvalue weighted by molar-refractivity contribution is 0.608. The Morgan fingerprint density at radius 1 is 0.824 bits per heavy atom. The van der Waals surface area contributed by atoms with E-state index in [4.69, 9.17) is 0 Å². The van der Waals surface area contributed by atoms with Gasteiger partial charge in [-0.2, -0.15) is 0 Å². The van der Waals surface area contributed by atoms with E-state index >= 15 is 0 Å². The number of rotatable bonds is 2. The number of hydrogen-bond donors (Lipinski definition) is 0. The molecule has 1 aromatic heterocycles. The van der Waals surface area contributed by atoms with Crippen LogP contribution in [0.5, 0.6) is 0 Å². The second kappa shape index (κ2) is 4.70. The van der Waals surface area contributed by atoms with Gasteiger partial charge in [-0.1, -0.05) is 42.8 Å². The van der Waals surface area contributed by atoms with E-state index in [1.165, 1.54) is 30.5 Å². The topological polar surface area (TPSA) is 12.9 Å². The molecular formula is C16H17N. The Balaban J connectivity index is 1.91. The molecular weight excluding hydrogens is 206 g/mol. The van der Waals surface area contributed by atoms with Crippen molar-refractivity contribution in [3.63, 3.8) is 0 Å². The van der Waals surface area contributed by atoms with Crippen LogP contribution in [-0.2, 0) is 0 Å². The van der Waals surface area contributed by atoms with Gasteiger partial charge in [0.05, 0.1) is 0 Å². The maximum atomic E-state index is 4.54. The quantitative estimate of drug-likeness (QED) is 0.746. The Hall–Kier alpha value is -1.63. The Kier molecular flexibility index (Phi) is 2.91. The van der Waals surface area contributed by atoms with Crippen molar-refractivity contribution in [2.75, 3.05) is 0 Å². The number of aromatic nitrogens is 1. The number of hydrogen-bond acceptors (Lipinski definition) is 1. The van der Waals surface area contributed by atoms with Crippen LogP contribution in [0.15, 0.2) is 54.7 Å². The first-order chi connectivity index (χ1) is 8.45. The predicted molar refractivity (Wildman–Crippen MR) is 70.0 cm³/mol. The summed E-state index contributed by atoms with van der Waals surface area (Å²) in [5, 5.41) is 0. The number of pyridine rings is 1. The maximum Gasteiger partial charge on any atom is 0.0440 e. The Labute approximate surface area is 103 Å². The van der Waals surface area contributed by atoms with Crippen LogP contribution < -0.4 is 0 Å². The molecule has 0 N–H and O–H groups in total. The van der Waals surface area contributed by atoms with Gasteiger partial charge in [0.1, 0.15) is 0 Å². The van der Waals surface area contributed by atoms with Crippen LogP contribution in [0.25, 0.3) is 0 Å². The lowest BCUT2D eigenvalue weighted by Gasteiger charge is -2.19.